The normalized spacial score (nSPS) is 16.7. The number of ketones is 1. The molecule has 0 N–H and O–H groups in total. The Labute approximate surface area is 162 Å². The molecular weight excluding hydrogens is 364 g/mol. The molecule has 2 aliphatic rings. The summed E-state index contributed by atoms with van der Waals surface area (Å²) in [6, 6.07) is 6.82. The molecule has 1 saturated heterocycles. The fraction of sp³-hybridized carbons (Fsp3) is 0.381. The minimum Gasteiger partial charge on any atom is -0.322 e. The van der Waals surface area contributed by atoms with Gasteiger partial charge in [-0.2, -0.15) is 0 Å². The van der Waals surface area contributed by atoms with E-state index in [1.54, 1.807) is 17.0 Å². The van der Waals surface area contributed by atoms with E-state index >= 15 is 0 Å². The Morgan fingerprint density at radius 3 is 2.68 bits per heavy atom. The van der Waals surface area contributed by atoms with Crippen LogP contribution < -0.4 is 4.90 Å². The number of rotatable bonds is 7. The second-order valence-corrected chi connectivity index (χ2v) is 7.40. The average molecular weight is 385 g/mol. The van der Waals surface area contributed by atoms with Crippen LogP contribution in [0.5, 0.6) is 0 Å². The van der Waals surface area contributed by atoms with Gasteiger partial charge < -0.3 is 4.90 Å². The molecule has 1 aliphatic heterocycles. The van der Waals surface area contributed by atoms with Crippen molar-refractivity contribution in [2.24, 2.45) is 5.92 Å². The monoisotopic (exact) mass is 385 g/mol. The minimum absolute atomic E-state index is 0.0641. The van der Waals surface area contributed by atoms with Crippen LogP contribution in [0.2, 0.25) is 0 Å². The fourth-order valence-corrected chi connectivity index (χ4v) is 3.41. The Hall–Kier alpha value is -2.83. The first-order valence-electron chi connectivity index (χ1n) is 9.51. The molecule has 146 valence electrons. The quantitative estimate of drug-likeness (QED) is 0.681. The van der Waals surface area contributed by atoms with Crippen molar-refractivity contribution < 1.29 is 18.4 Å². The molecule has 0 bridgehead atoms. The van der Waals surface area contributed by atoms with E-state index in [-0.39, 0.29) is 18.2 Å². The zero-order valence-electron chi connectivity index (χ0n) is 15.4. The van der Waals surface area contributed by atoms with Crippen LogP contribution in [0, 0.1) is 17.6 Å². The molecule has 1 saturated carbocycles. The van der Waals surface area contributed by atoms with Gasteiger partial charge in [0.1, 0.15) is 5.82 Å². The first kappa shape index (κ1) is 18.5. The summed E-state index contributed by atoms with van der Waals surface area (Å²) in [5, 5.41) is 0. The van der Waals surface area contributed by atoms with E-state index in [1.165, 1.54) is 25.1 Å². The SMILES string of the molecule is O=C(CCc1ccc(F)c(F)c1)c1ccnc(N2CCN(CC3CC3)C2=O)c1. The molecule has 7 heteroatoms. The lowest BCUT2D eigenvalue weighted by atomic mass is 10.0. The van der Waals surface area contributed by atoms with Gasteiger partial charge in [0, 0.05) is 37.8 Å². The molecule has 5 nitrogen and oxygen atoms in total. The van der Waals surface area contributed by atoms with Crippen LogP contribution in [-0.2, 0) is 6.42 Å². The number of nitrogens with zero attached hydrogens (tertiary/aromatic N) is 3. The van der Waals surface area contributed by atoms with E-state index in [1.807, 2.05) is 4.90 Å². The number of Topliss-reactive ketones (excluding diaryl/α,β-unsaturated/α-hetero) is 1. The zero-order valence-corrected chi connectivity index (χ0v) is 15.4. The molecule has 1 aromatic heterocycles. The fourth-order valence-electron chi connectivity index (χ4n) is 3.41. The van der Waals surface area contributed by atoms with Crippen molar-refractivity contribution in [2.45, 2.75) is 25.7 Å². The van der Waals surface area contributed by atoms with Crippen molar-refractivity contribution >= 4 is 17.6 Å². The third-order valence-electron chi connectivity index (χ3n) is 5.24. The van der Waals surface area contributed by atoms with Crippen LogP contribution in [-0.4, -0.2) is 41.3 Å². The van der Waals surface area contributed by atoms with Gasteiger partial charge >= 0.3 is 6.03 Å². The van der Waals surface area contributed by atoms with Crippen LogP contribution in [0.25, 0.3) is 0 Å². The van der Waals surface area contributed by atoms with E-state index < -0.39 is 11.6 Å². The number of benzene rings is 1. The van der Waals surface area contributed by atoms with E-state index in [9.17, 15) is 18.4 Å². The summed E-state index contributed by atoms with van der Waals surface area (Å²) >= 11 is 0. The van der Waals surface area contributed by atoms with Crippen LogP contribution in [0.1, 0.15) is 35.2 Å². The number of amides is 2. The second-order valence-electron chi connectivity index (χ2n) is 7.40. The largest absolute Gasteiger partial charge is 0.325 e. The maximum absolute atomic E-state index is 13.3. The molecule has 1 aromatic carbocycles. The number of hydrogen-bond donors (Lipinski definition) is 0. The number of hydrogen-bond acceptors (Lipinski definition) is 3. The van der Waals surface area contributed by atoms with Crippen molar-refractivity contribution in [3.63, 3.8) is 0 Å². The Bertz CT molecular complexity index is 914. The molecule has 28 heavy (non-hydrogen) atoms. The highest BCUT2D eigenvalue weighted by atomic mass is 19.2. The van der Waals surface area contributed by atoms with Gasteiger partial charge in [-0.25, -0.2) is 18.6 Å². The number of aromatic nitrogens is 1. The van der Waals surface area contributed by atoms with Gasteiger partial charge in [-0.1, -0.05) is 6.07 Å². The predicted octanol–water partition coefficient (Wildman–Crippen LogP) is 3.83. The van der Waals surface area contributed by atoms with Gasteiger partial charge in [-0.05, 0) is 55.0 Å². The molecule has 2 heterocycles. The summed E-state index contributed by atoms with van der Waals surface area (Å²) in [5.41, 5.74) is 1.02. The summed E-state index contributed by atoms with van der Waals surface area (Å²) in [5.74, 6) is -0.850. The van der Waals surface area contributed by atoms with Gasteiger partial charge in [0.05, 0.1) is 0 Å². The Morgan fingerprint density at radius 2 is 1.93 bits per heavy atom. The van der Waals surface area contributed by atoms with E-state index in [2.05, 4.69) is 4.98 Å². The van der Waals surface area contributed by atoms with Crippen LogP contribution in [0.4, 0.5) is 19.4 Å². The van der Waals surface area contributed by atoms with Crippen molar-refractivity contribution in [3.05, 3.63) is 59.3 Å². The van der Waals surface area contributed by atoms with E-state index in [4.69, 9.17) is 0 Å². The van der Waals surface area contributed by atoms with Crippen molar-refractivity contribution in [1.82, 2.24) is 9.88 Å². The maximum atomic E-state index is 13.3. The molecule has 0 atom stereocenters. The molecule has 1 aliphatic carbocycles. The molecule has 0 radical (unpaired) electrons. The number of halogens is 2. The Morgan fingerprint density at radius 1 is 1.11 bits per heavy atom. The summed E-state index contributed by atoms with van der Waals surface area (Å²) in [7, 11) is 0. The highest BCUT2D eigenvalue weighted by molar-refractivity contribution is 5.98. The zero-order chi connectivity index (χ0) is 19.7. The highest BCUT2D eigenvalue weighted by Gasteiger charge is 2.34. The lowest BCUT2D eigenvalue weighted by Crippen LogP contribution is -2.33. The maximum Gasteiger partial charge on any atom is 0.325 e. The van der Waals surface area contributed by atoms with Crippen LogP contribution >= 0.6 is 0 Å². The Kier molecular flexibility index (Phi) is 5.07. The standard InChI is InChI=1S/C21H21F2N3O2/c22-17-5-3-14(11-18(17)23)4-6-19(27)16-7-8-24-20(12-16)26-10-9-25(21(26)28)13-15-1-2-15/h3,5,7-8,11-12,15H,1-2,4,6,9-10,13H2. The molecule has 2 aromatic rings. The number of aryl methyl sites for hydroxylation is 1. The number of carbonyl (C=O) groups excluding carboxylic acids is 2. The number of urea groups is 1. The van der Waals surface area contributed by atoms with Gasteiger partial charge in [0.25, 0.3) is 0 Å². The third-order valence-corrected chi connectivity index (χ3v) is 5.24. The van der Waals surface area contributed by atoms with Gasteiger partial charge in [-0.3, -0.25) is 9.69 Å². The number of carbonyl (C=O) groups is 2. The molecule has 0 spiro atoms. The molecule has 2 amide bonds. The van der Waals surface area contributed by atoms with Crippen LogP contribution in [0.15, 0.2) is 36.5 Å². The third kappa shape index (κ3) is 4.03. The van der Waals surface area contributed by atoms with Gasteiger partial charge in [0.15, 0.2) is 17.4 Å². The van der Waals surface area contributed by atoms with Crippen LogP contribution in [0.3, 0.4) is 0 Å². The van der Waals surface area contributed by atoms with Crippen molar-refractivity contribution in [1.29, 1.82) is 0 Å². The molecule has 4 rings (SSSR count). The number of anilines is 1. The summed E-state index contributed by atoms with van der Waals surface area (Å²) < 4.78 is 26.3. The molecule has 0 unspecified atom stereocenters. The Balaban J connectivity index is 1.40. The summed E-state index contributed by atoms with van der Waals surface area (Å²) in [6.07, 6.45) is 4.37. The van der Waals surface area contributed by atoms with Crippen molar-refractivity contribution in [2.75, 3.05) is 24.5 Å². The average Bonchev–Trinajstić information content (AvgIpc) is 3.45. The lowest BCUT2D eigenvalue weighted by molar-refractivity contribution is 0.0982. The topological polar surface area (TPSA) is 53.5 Å². The van der Waals surface area contributed by atoms with Gasteiger partial charge in [0.2, 0.25) is 0 Å². The molecule has 2 fully saturated rings. The predicted molar refractivity (Wildman–Crippen MR) is 100 cm³/mol. The van der Waals surface area contributed by atoms with Gasteiger partial charge in [-0.15, -0.1) is 0 Å². The first-order chi connectivity index (χ1) is 13.5. The van der Waals surface area contributed by atoms with Crippen molar-refractivity contribution in [3.8, 4) is 0 Å². The van der Waals surface area contributed by atoms with E-state index in [0.717, 1.165) is 18.7 Å². The minimum atomic E-state index is -0.917. The van der Waals surface area contributed by atoms with E-state index in [0.29, 0.717) is 42.4 Å². The number of pyridine rings is 1. The summed E-state index contributed by atoms with van der Waals surface area (Å²) in [4.78, 5) is 32.8. The second kappa shape index (κ2) is 7.66. The summed E-state index contributed by atoms with van der Waals surface area (Å²) in [6.45, 7) is 2.03. The lowest BCUT2D eigenvalue weighted by Gasteiger charge is -2.18. The highest BCUT2D eigenvalue weighted by Crippen LogP contribution is 2.31. The molecular formula is C21H21F2N3O2. The first-order valence-corrected chi connectivity index (χ1v) is 9.51. The smallest absolute Gasteiger partial charge is 0.322 e.